The average Bonchev–Trinajstić information content (AvgIpc) is 3.15. The zero-order valence-electron chi connectivity index (χ0n) is 10.9. The van der Waals surface area contributed by atoms with Crippen LogP contribution < -0.4 is 10.1 Å². The van der Waals surface area contributed by atoms with Crippen molar-refractivity contribution in [1.82, 2.24) is 5.32 Å². The van der Waals surface area contributed by atoms with Crippen molar-refractivity contribution < 1.29 is 18.7 Å². The van der Waals surface area contributed by atoms with Crippen molar-refractivity contribution in [1.29, 1.82) is 0 Å². The predicted molar refractivity (Wildman–Crippen MR) is 67.7 cm³/mol. The Morgan fingerprint density at radius 2 is 2.11 bits per heavy atom. The van der Waals surface area contributed by atoms with Crippen molar-refractivity contribution in [2.45, 2.75) is 38.8 Å². The van der Waals surface area contributed by atoms with Crippen LogP contribution in [-0.4, -0.2) is 23.8 Å². The Bertz CT molecular complexity index is 511. The molecule has 0 bridgehead atoms. The van der Waals surface area contributed by atoms with E-state index in [1.54, 1.807) is 6.92 Å². The lowest BCUT2D eigenvalue weighted by atomic mass is 10.1. The summed E-state index contributed by atoms with van der Waals surface area (Å²) in [7, 11) is 0. The average molecular weight is 265 g/mol. The van der Waals surface area contributed by atoms with E-state index in [1.165, 1.54) is 19.1 Å². The minimum atomic E-state index is -0.765. The number of carbonyl (C=O) groups excluding carboxylic acids is 2. The molecular formula is C14H16FNO3. The number of ether oxygens (including phenoxy) is 1. The second kappa shape index (κ2) is 5.38. The lowest BCUT2D eigenvalue weighted by Crippen LogP contribution is -2.37. The molecule has 1 aromatic rings. The van der Waals surface area contributed by atoms with Gasteiger partial charge < -0.3 is 10.1 Å². The van der Waals surface area contributed by atoms with Gasteiger partial charge in [-0.2, -0.15) is 0 Å². The molecule has 2 rings (SSSR count). The summed E-state index contributed by atoms with van der Waals surface area (Å²) in [6.45, 7) is 2.93. The van der Waals surface area contributed by atoms with E-state index in [9.17, 15) is 14.0 Å². The van der Waals surface area contributed by atoms with Crippen LogP contribution in [0.5, 0.6) is 5.75 Å². The summed E-state index contributed by atoms with van der Waals surface area (Å²) in [5.74, 6) is -1.13. The number of Topliss-reactive ketones (excluding diaryl/α,β-unsaturated/α-hetero) is 1. The Morgan fingerprint density at radius 1 is 1.42 bits per heavy atom. The summed E-state index contributed by atoms with van der Waals surface area (Å²) in [5.41, 5.74) is 0.278. The van der Waals surface area contributed by atoms with Crippen molar-refractivity contribution in [3.8, 4) is 5.75 Å². The molecule has 1 aliphatic rings. The predicted octanol–water partition coefficient (Wildman–Crippen LogP) is 2.07. The number of rotatable bonds is 5. The second-order valence-corrected chi connectivity index (χ2v) is 4.74. The molecule has 1 unspecified atom stereocenters. The molecule has 0 aromatic heterocycles. The lowest BCUT2D eigenvalue weighted by Gasteiger charge is -2.15. The van der Waals surface area contributed by atoms with Crippen LogP contribution in [0.4, 0.5) is 4.39 Å². The van der Waals surface area contributed by atoms with Gasteiger partial charge in [0.2, 0.25) is 0 Å². The van der Waals surface area contributed by atoms with Gasteiger partial charge in [-0.1, -0.05) is 0 Å². The number of hydrogen-bond donors (Lipinski definition) is 1. The number of nitrogens with one attached hydrogen (secondary N) is 1. The lowest BCUT2D eigenvalue weighted by molar-refractivity contribution is -0.127. The van der Waals surface area contributed by atoms with Gasteiger partial charge in [0.25, 0.3) is 5.91 Å². The molecular weight excluding hydrogens is 249 g/mol. The Kier molecular flexibility index (Phi) is 3.83. The molecule has 1 aliphatic carbocycles. The van der Waals surface area contributed by atoms with E-state index in [-0.39, 0.29) is 29.0 Å². The SMILES string of the molecule is CC(=O)c1ccc(OC(C)C(=O)NC2CC2)c(F)c1. The number of ketones is 1. The fourth-order valence-electron chi connectivity index (χ4n) is 1.61. The molecule has 102 valence electrons. The number of carbonyl (C=O) groups is 2. The maximum absolute atomic E-state index is 13.7. The fraction of sp³-hybridized carbons (Fsp3) is 0.429. The molecule has 0 spiro atoms. The quantitative estimate of drug-likeness (QED) is 0.829. The topological polar surface area (TPSA) is 55.4 Å². The Hall–Kier alpha value is -1.91. The number of halogens is 1. The molecule has 4 nitrogen and oxygen atoms in total. The van der Waals surface area contributed by atoms with Gasteiger partial charge in [0.05, 0.1) is 0 Å². The highest BCUT2D eigenvalue weighted by Gasteiger charge is 2.26. The van der Waals surface area contributed by atoms with Gasteiger partial charge in [0.1, 0.15) is 0 Å². The third-order valence-corrected chi connectivity index (χ3v) is 2.94. The standard InChI is InChI=1S/C14H16FNO3/c1-8(17)10-3-6-13(12(15)7-10)19-9(2)14(18)16-11-4-5-11/h3,6-7,9,11H,4-5H2,1-2H3,(H,16,18). The zero-order chi connectivity index (χ0) is 14.0. The normalized spacial score (nSPS) is 15.7. The summed E-state index contributed by atoms with van der Waals surface area (Å²) in [6.07, 6.45) is 1.21. The van der Waals surface area contributed by atoms with Gasteiger partial charge >= 0.3 is 0 Å². The summed E-state index contributed by atoms with van der Waals surface area (Å²) in [4.78, 5) is 22.8. The van der Waals surface area contributed by atoms with Gasteiger partial charge in [-0.3, -0.25) is 9.59 Å². The maximum atomic E-state index is 13.7. The molecule has 1 aromatic carbocycles. The first-order valence-electron chi connectivity index (χ1n) is 6.25. The highest BCUT2D eigenvalue weighted by molar-refractivity contribution is 5.94. The van der Waals surface area contributed by atoms with E-state index < -0.39 is 11.9 Å². The molecule has 1 atom stereocenters. The molecule has 1 saturated carbocycles. The first kappa shape index (κ1) is 13.5. The van der Waals surface area contributed by atoms with Crippen molar-refractivity contribution in [2.75, 3.05) is 0 Å². The Labute approximate surface area is 110 Å². The first-order chi connectivity index (χ1) is 8.97. The minimum absolute atomic E-state index is 0.0246. The molecule has 1 fully saturated rings. The summed E-state index contributed by atoms with van der Waals surface area (Å²) >= 11 is 0. The first-order valence-corrected chi connectivity index (χ1v) is 6.25. The third-order valence-electron chi connectivity index (χ3n) is 2.94. The molecule has 1 N–H and O–H groups in total. The fourth-order valence-corrected chi connectivity index (χ4v) is 1.61. The second-order valence-electron chi connectivity index (χ2n) is 4.74. The summed E-state index contributed by atoms with van der Waals surface area (Å²) < 4.78 is 19.0. The molecule has 5 heteroatoms. The highest BCUT2D eigenvalue weighted by atomic mass is 19.1. The molecule has 0 saturated heterocycles. The van der Waals surface area contributed by atoms with E-state index in [1.807, 2.05) is 0 Å². The number of hydrogen-bond acceptors (Lipinski definition) is 3. The Morgan fingerprint density at radius 3 is 2.63 bits per heavy atom. The van der Waals surface area contributed by atoms with Crippen molar-refractivity contribution in [3.05, 3.63) is 29.6 Å². The number of benzene rings is 1. The van der Waals surface area contributed by atoms with E-state index in [0.29, 0.717) is 0 Å². The van der Waals surface area contributed by atoms with Crippen LogP contribution in [0.2, 0.25) is 0 Å². The van der Waals surface area contributed by atoms with Gasteiger partial charge in [-0.15, -0.1) is 0 Å². The Balaban J connectivity index is 2.01. The van der Waals surface area contributed by atoms with Crippen LogP contribution in [0.1, 0.15) is 37.0 Å². The molecule has 0 radical (unpaired) electrons. The number of amides is 1. The van der Waals surface area contributed by atoms with Crippen LogP contribution >= 0.6 is 0 Å². The smallest absolute Gasteiger partial charge is 0.260 e. The van der Waals surface area contributed by atoms with Crippen molar-refractivity contribution in [2.24, 2.45) is 0 Å². The molecule has 1 amide bonds. The summed E-state index contributed by atoms with van der Waals surface area (Å²) in [6, 6.07) is 4.20. The van der Waals surface area contributed by atoms with Crippen LogP contribution in [0, 0.1) is 5.82 Å². The van der Waals surface area contributed by atoms with Gasteiger partial charge in [0.15, 0.2) is 23.5 Å². The van der Waals surface area contributed by atoms with Gasteiger partial charge in [-0.25, -0.2) is 4.39 Å². The van der Waals surface area contributed by atoms with Crippen molar-refractivity contribution >= 4 is 11.7 Å². The van der Waals surface area contributed by atoms with Crippen LogP contribution in [0.25, 0.3) is 0 Å². The van der Waals surface area contributed by atoms with E-state index >= 15 is 0 Å². The largest absolute Gasteiger partial charge is 0.478 e. The molecule has 0 aliphatic heterocycles. The third kappa shape index (κ3) is 3.53. The van der Waals surface area contributed by atoms with Crippen molar-refractivity contribution in [3.63, 3.8) is 0 Å². The molecule has 19 heavy (non-hydrogen) atoms. The minimum Gasteiger partial charge on any atom is -0.478 e. The van der Waals surface area contributed by atoms with E-state index in [2.05, 4.69) is 5.32 Å². The monoisotopic (exact) mass is 265 g/mol. The van der Waals surface area contributed by atoms with E-state index in [0.717, 1.165) is 18.9 Å². The molecule has 0 heterocycles. The van der Waals surface area contributed by atoms with Gasteiger partial charge in [0, 0.05) is 11.6 Å². The zero-order valence-corrected chi connectivity index (χ0v) is 10.9. The van der Waals surface area contributed by atoms with Crippen LogP contribution in [0.15, 0.2) is 18.2 Å². The van der Waals surface area contributed by atoms with E-state index in [4.69, 9.17) is 4.74 Å². The van der Waals surface area contributed by atoms with Crippen LogP contribution in [0.3, 0.4) is 0 Å². The maximum Gasteiger partial charge on any atom is 0.260 e. The van der Waals surface area contributed by atoms with Crippen LogP contribution in [-0.2, 0) is 4.79 Å². The van der Waals surface area contributed by atoms with Gasteiger partial charge in [-0.05, 0) is 44.9 Å². The summed E-state index contributed by atoms with van der Waals surface area (Å²) in [5, 5.41) is 2.78. The highest BCUT2D eigenvalue weighted by Crippen LogP contribution is 2.21.